The van der Waals surface area contributed by atoms with Crippen LogP contribution in [0.2, 0.25) is 0 Å². The van der Waals surface area contributed by atoms with E-state index >= 15 is 0 Å². The zero-order valence-electron chi connectivity index (χ0n) is 10.8. The van der Waals surface area contributed by atoms with Crippen LogP contribution in [0.25, 0.3) is 0 Å². The maximum absolute atomic E-state index is 12.0. The van der Waals surface area contributed by atoms with E-state index in [-0.39, 0.29) is 5.91 Å². The molecule has 0 spiro atoms. The quantitative estimate of drug-likeness (QED) is 0.779. The smallest absolute Gasteiger partial charge is 0.252 e. The van der Waals surface area contributed by atoms with Gasteiger partial charge in [-0.25, -0.2) is 0 Å². The zero-order chi connectivity index (χ0) is 13.5. The number of amides is 1. The maximum atomic E-state index is 12.0. The van der Waals surface area contributed by atoms with E-state index in [1.165, 1.54) is 0 Å². The summed E-state index contributed by atoms with van der Waals surface area (Å²) in [5, 5.41) is 2.97. The third kappa shape index (κ3) is 4.62. The largest absolute Gasteiger partial charge is 0.352 e. The van der Waals surface area contributed by atoms with Gasteiger partial charge in [0.15, 0.2) is 0 Å². The highest BCUT2D eigenvalue weighted by atomic mass is 79.9. The van der Waals surface area contributed by atoms with E-state index in [0.717, 1.165) is 22.9 Å². The highest BCUT2D eigenvalue weighted by Gasteiger charge is 2.12. The lowest BCUT2D eigenvalue weighted by molar-refractivity contribution is 0.0945. The van der Waals surface area contributed by atoms with Gasteiger partial charge in [-0.2, -0.15) is 0 Å². The van der Waals surface area contributed by atoms with Crippen molar-refractivity contribution in [1.29, 1.82) is 0 Å². The molecule has 0 bridgehead atoms. The van der Waals surface area contributed by atoms with Crippen molar-refractivity contribution in [3.8, 4) is 0 Å². The first kappa shape index (κ1) is 15.5. The van der Waals surface area contributed by atoms with E-state index in [9.17, 15) is 4.79 Å². The van der Waals surface area contributed by atoms with Crippen molar-refractivity contribution >= 4 is 33.4 Å². The molecule has 0 saturated carbocycles. The van der Waals surface area contributed by atoms with Gasteiger partial charge in [0, 0.05) is 16.9 Å². The van der Waals surface area contributed by atoms with E-state index < -0.39 is 0 Å². The zero-order valence-corrected chi connectivity index (χ0v) is 13.1. The fraction of sp³-hybridized carbons (Fsp3) is 0.500. The molecule has 1 rings (SSSR count). The average molecular weight is 333 g/mol. The van der Waals surface area contributed by atoms with Gasteiger partial charge in [0.1, 0.15) is 0 Å². The summed E-state index contributed by atoms with van der Waals surface area (Å²) < 4.78 is 0.838. The number of hydrogen-bond donors (Lipinski definition) is 1. The number of hydrogen-bond acceptors (Lipinski definition) is 1. The molecule has 1 aromatic rings. The predicted octanol–water partition coefficient (Wildman–Crippen LogP) is 4.14. The van der Waals surface area contributed by atoms with Crippen molar-refractivity contribution in [1.82, 2.24) is 5.32 Å². The van der Waals surface area contributed by atoms with E-state index in [0.29, 0.717) is 23.9 Å². The molecule has 0 heterocycles. The lowest BCUT2D eigenvalue weighted by Crippen LogP contribution is -2.29. The van der Waals surface area contributed by atoms with Crippen LogP contribution in [0.5, 0.6) is 0 Å². The molecule has 0 aliphatic carbocycles. The molecule has 0 fully saturated rings. The molecule has 1 N–H and O–H groups in total. The molecule has 18 heavy (non-hydrogen) atoms. The van der Waals surface area contributed by atoms with Gasteiger partial charge in [0.25, 0.3) is 5.91 Å². The number of benzene rings is 1. The van der Waals surface area contributed by atoms with Crippen LogP contribution >= 0.6 is 27.5 Å². The van der Waals surface area contributed by atoms with Crippen molar-refractivity contribution in [3.05, 3.63) is 33.8 Å². The Kier molecular flexibility index (Phi) is 6.72. The van der Waals surface area contributed by atoms with E-state index in [1.807, 2.05) is 25.1 Å². The van der Waals surface area contributed by atoms with Gasteiger partial charge < -0.3 is 5.32 Å². The molecule has 0 aromatic heterocycles. The Morgan fingerprint density at radius 2 is 2.22 bits per heavy atom. The van der Waals surface area contributed by atoms with Crippen LogP contribution in [0.4, 0.5) is 0 Å². The molecule has 0 radical (unpaired) electrons. The molecule has 1 aromatic carbocycles. The summed E-state index contributed by atoms with van der Waals surface area (Å²) in [4.78, 5) is 12.0. The van der Waals surface area contributed by atoms with Crippen molar-refractivity contribution < 1.29 is 4.79 Å². The molecule has 2 nitrogen and oxygen atoms in total. The SMILES string of the molecule is CCC(CCCl)CNC(=O)c1ccc(C)cc1Br. The second kappa shape index (κ2) is 7.80. The molecule has 100 valence electrons. The normalized spacial score (nSPS) is 12.2. The topological polar surface area (TPSA) is 29.1 Å². The lowest BCUT2D eigenvalue weighted by atomic mass is 10.0. The summed E-state index contributed by atoms with van der Waals surface area (Å²) in [6.45, 7) is 4.80. The maximum Gasteiger partial charge on any atom is 0.252 e. The van der Waals surface area contributed by atoms with Crippen molar-refractivity contribution in [2.45, 2.75) is 26.7 Å². The number of carbonyl (C=O) groups excluding carboxylic acids is 1. The van der Waals surface area contributed by atoms with Gasteiger partial charge in [-0.3, -0.25) is 4.79 Å². The van der Waals surface area contributed by atoms with Crippen LogP contribution in [0.1, 0.15) is 35.7 Å². The number of carbonyl (C=O) groups is 1. The summed E-state index contributed by atoms with van der Waals surface area (Å²) in [6, 6.07) is 5.73. The minimum absolute atomic E-state index is 0.0325. The molecule has 1 amide bonds. The number of halogens is 2. The first-order chi connectivity index (χ1) is 8.58. The van der Waals surface area contributed by atoms with Crippen LogP contribution in [-0.4, -0.2) is 18.3 Å². The Bertz CT molecular complexity index is 409. The first-order valence-corrected chi connectivity index (χ1v) is 7.51. The van der Waals surface area contributed by atoms with Crippen LogP contribution in [0.3, 0.4) is 0 Å². The van der Waals surface area contributed by atoms with Gasteiger partial charge in [-0.15, -0.1) is 11.6 Å². The number of rotatable bonds is 6. The van der Waals surface area contributed by atoms with Gasteiger partial charge in [0.05, 0.1) is 5.56 Å². The van der Waals surface area contributed by atoms with Gasteiger partial charge in [-0.1, -0.05) is 19.4 Å². The summed E-state index contributed by atoms with van der Waals surface area (Å²) >= 11 is 9.15. The van der Waals surface area contributed by atoms with Crippen LogP contribution < -0.4 is 5.32 Å². The van der Waals surface area contributed by atoms with E-state index in [1.54, 1.807) is 0 Å². The molecular weight excluding hydrogens is 314 g/mol. The minimum Gasteiger partial charge on any atom is -0.352 e. The van der Waals surface area contributed by atoms with Crippen molar-refractivity contribution in [2.24, 2.45) is 5.92 Å². The van der Waals surface area contributed by atoms with Crippen molar-refractivity contribution in [2.75, 3.05) is 12.4 Å². The molecule has 0 aliphatic heterocycles. The van der Waals surface area contributed by atoms with Gasteiger partial charge in [-0.05, 0) is 52.9 Å². The summed E-state index contributed by atoms with van der Waals surface area (Å²) in [7, 11) is 0. The Hall–Kier alpha value is -0.540. The van der Waals surface area contributed by atoms with Crippen LogP contribution in [-0.2, 0) is 0 Å². The fourth-order valence-corrected chi connectivity index (χ4v) is 2.72. The predicted molar refractivity (Wildman–Crippen MR) is 80.3 cm³/mol. The second-order valence-corrected chi connectivity index (χ2v) is 5.68. The fourth-order valence-electron chi connectivity index (χ4n) is 1.74. The monoisotopic (exact) mass is 331 g/mol. The van der Waals surface area contributed by atoms with Crippen LogP contribution in [0, 0.1) is 12.8 Å². The third-order valence-corrected chi connectivity index (χ3v) is 3.89. The molecule has 1 unspecified atom stereocenters. The van der Waals surface area contributed by atoms with Gasteiger partial charge in [0.2, 0.25) is 0 Å². The highest BCUT2D eigenvalue weighted by Crippen LogP contribution is 2.18. The second-order valence-electron chi connectivity index (χ2n) is 4.45. The minimum atomic E-state index is -0.0325. The summed E-state index contributed by atoms with van der Waals surface area (Å²) in [5.41, 5.74) is 1.81. The Balaban J connectivity index is 2.59. The highest BCUT2D eigenvalue weighted by molar-refractivity contribution is 9.10. The molecule has 1 atom stereocenters. The standard InChI is InChI=1S/C14H19BrClNO/c1-3-11(6-7-16)9-17-14(18)12-5-4-10(2)8-13(12)15/h4-5,8,11H,3,6-7,9H2,1-2H3,(H,17,18). The number of aryl methyl sites for hydroxylation is 1. The Morgan fingerprint density at radius 3 is 2.78 bits per heavy atom. The summed E-state index contributed by atoms with van der Waals surface area (Å²) in [6.07, 6.45) is 1.97. The van der Waals surface area contributed by atoms with E-state index in [4.69, 9.17) is 11.6 Å². The molecule has 4 heteroatoms. The van der Waals surface area contributed by atoms with Crippen LogP contribution in [0.15, 0.2) is 22.7 Å². The van der Waals surface area contributed by atoms with Gasteiger partial charge >= 0.3 is 0 Å². The molecular formula is C14H19BrClNO. The Labute approximate surface area is 122 Å². The molecule has 0 aliphatic rings. The Morgan fingerprint density at radius 1 is 1.50 bits per heavy atom. The number of nitrogens with one attached hydrogen (secondary N) is 1. The summed E-state index contributed by atoms with van der Waals surface area (Å²) in [5.74, 6) is 1.06. The lowest BCUT2D eigenvalue weighted by Gasteiger charge is -2.14. The van der Waals surface area contributed by atoms with Crippen molar-refractivity contribution in [3.63, 3.8) is 0 Å². The third-order valence-electron chi connectivity index (χ3n) is 3.02. The van der Waals surface area contributed by atoms with E-state index in [2.05, 4.69) is 28.2 Å². The number of alkyl halides is 1. The first-order valence-electron chi connectivity index (χ1n) is 6.18. The average Bonchev–Trinajstić information content (AvgIpc) is 2.34. The molecule has 0 saturated heterocycles.